The molecule has 174 valence electrons. The van der Waals surface area contributed by atoms with Gasteiger partial charge in [0.2, 0.25) is 0 Å². The molecular formula is C26H28N6OS. The Morgan fingerprint density at radius 1 is 1.09 bits per heavy atom. The first kappa shape index (κ1) is 21.4. The Hall–Kier alpha value is -3.10. The first-order chi connectivity index (χ1) is 16.7. The molecule has 0 radical (unpaired) electrons. The number of hydrogen-bond donors (Lipinski definition) is 1. The van der Waals surface area contributed by atoms with E-state index in [9.17, 15) is 4.79 Å². The topological polar surface area (TPSA) is 78.0 Å². The van der Waals surface area contributed by atoms with E-state index in [1.165, 1.54) is 37.3 Å². The average Bonchev–Trinajstić information content (AvgIpc) is 3.64. The summed E-state index contributed by atoms with van der Waals surface area (Å²) >= 11 is 1.53. The molecule has 2 saturated heterocycles. The largest absolute Gasteiger partial charge is 0.337 e. The molecule has 3 aromatic heterocycles. The minimum absolute atomic E-state index is 0.0150. The predicted octanol–water partition coefficient (Wildman–Crippen LogP) is 4.76. The number of carbonyl (C=O) groups is 1. The van der Waals surface area contributed by atoms with Crippen LogP contribution in [-0.2, 0) is 0 Å². The molecule has 1 N–H and O–H groups in total. The molecule has 0 aliphatic carbocycles. The number of piperidine rings is 1. The van der Waals surface area contributed by atoms with E-state index >= 15 is 0 Å². The summed E-state index contributed by atoms with van der Waals surface area (Å²) in [6, 6.07) is 10.6. The fourth-order valence-corrected chi connectivity index (χ4v) is 6.36. The molecule has 4 aromatic rings. The Labute approximate surface area is 202 Å². The van der Waals surface area contributed by atoms with Crippen LogP contribution >= 0.6 is 11.3 Å². The number of H-pyrrole nitrogens is 1. The van der Waals surface area contributed by atoms with E-state index in [1.54, 1.807) is 6.20 Å². The monoisotopic (exact) mass is 472 g/mol. The van der Waals surface area contributed by atoms with Crippen LogP contribution in [0.2, 0.25) is 0 Å². The SMILES string of the molecule is Cc1cccc2c(-c3nc(C(=O)N4CCC(N5CCCC5)CC4)c(-c4cccnc4)s3)[nH]nc12. The second kappa shape index (κ2) is 8.92. The number of amides is 1. The first-order valence-corrected chi connectivity index (χ1v) is 12.9. The van der Waals surface area contributed by atoms with Gasteiger partial charge in [-0.1, -0.05) is 24.3 Å². The Kier molecular flexibility index (Phi) is 5.63. The number of hydrogen-bond acceptors (Lipinski definition) is 6. The molecule has 0 saturated carbocycles. The molecule has 1 aromatic carbocycles. The summed E-state index contributed by atoms with van der Waals surface area (Å²) in [7, 11) is 0. The highest BCUT2D eigenvalue weighted by atomic mass is 32.1. The van der Waals surface area contributed by atoms with Crippen molar-refractivity contribution in [3.05, 3.63) is 54.0 Å². The average molecular weight is 473 g/mol. The van der Waals surface area contributed by atoms with Crippen molar-refractivity contribution in [3.8, 4) is 21.1 Å². The molecule has 2 fully saturated rings. The third kappa shape index (κ3) is 3.80. The lowest BCUT2D eigenvalue weighted by Crippen LogP contribution is -2.46. The number of aromatic amines is 1. The molecule has 8 heteroatoms. The van der Waals surface area contributed by atoms with Gasteiger partial charge in [-0.2, -0.15) is 5.10 Å². The van der Waals surface area contributed by atoms with Crippen molar-refractivity contribution in [2.24, 2.45) is 0 Å². The summed E-state index contributed by atoms with van der Waals surface area (Å²) in [5.74, 6) is 0.0150. The van der Waals surface area contributed by atoms with E-state index in [1.807, 2.05) is 29.3 Å². The molecule has 1 amide bonds. The number of pyridine rings is 1. The van der Waals surface area contributed by atoms with Crippen molar-refractivity contribution >= 4 is 28.1 Å². The minimum atomic E-state index is 0.0150. The van der Waals surface area contributed by atoms with Crippen molar-refractivity contribution in [1.82, 2.24) is 30.0 Å². The number of likely N-dealkylation sites (tertiary alicyclic amines) is 2. The fourth-order valence-electron chi connectivity index (χ4n) is 5.30. The molecule has 7 nitrogen and oxygen atoms in total. The number of rotatable bonds is 4. The molecule has 2 aliphatic rings. The van der Waals surface area contributed by atoms with Gasteiger partial charge in [-0.05, 0) is 57.3 Å². The van der Waals surface area contributed by atoms with Crippen LogP contribution in [0.15, 0.2) is 42.7 Å². The molecule has 34 heavy (non-hydrogen) atoms. The quantitative estimate of drug-likeness (QED) is 0.463. The number of nitrogens with zero attached hydrogens (tertiary/aromatic N) is 5. The molecule has 0 atom stereocenters. The minimum Gasteiger partial charge on any atom is -0.337 e. The van der Waals surface area contributed by atoms with Gasteiger partial charge in [0.25, 0.3) is 5.91 Å². The maximum absolute atomic E-state index is 13.7. The van der Waals surface area contributed by atoms with Crippen molar-refractivity contribution < 1.29 is 4.79 Å². The molecule has 0 bridgehead atoms. The highest BCUT2D eigenvalue weighted by Gasteiger charge is 2.31. The van der Waals surface area contributed by atoms with Crippen LogP contribution in [0.4, 0.5) is 0 Å². The Morgan fingerprint density at radius 3 is 2.68 bits per heavy atom. The number of benzene rings is 1. The maximum Gasteiger partial charge on any atom is 0.274 e. The van der Waals surface area contributed by atoms with Crippen molar-refractivity contribution in [3.63, 3.8) is 0 Å². The van der Waals surface area contributed by atoms with Gasteiger partial charge in [0.05, 0.1) is 10.4 Å². The van der Waals surface area contributed by atoms with Crippen LogP contribution in [-0.4, -0.2) is 68.1 Å². The molecule has 0 unspecified atom stereocenters. The normalized spacial score (nSPS) is 17.6. The third-order valence-electron chi connectivity index (χ3n) is 7.16. The Balaban J connectivity index is 1.34. The molecule has 5 heterocycles. The number of nitrogens with one attached hydrogen (secondary N) is 1. The van der Waals surface area contributed by atoms with Crippen molar-refractivity contribution in [1.29, 1.82) is 0 Å². The van der Waals surface area contributed by atoms with Crippen LogP contribution in [0, 0.1) is 6.92 Å². The smallest absolute Gasteiger partial charge is 0.274 e. The summed E-state index contributed by atoms with van der Waals surface area (Å²) in [6.07, 6.45) is 8.24. The summed E-state index contributed by atoms with van der Waals surface area (Å²) in [5.41, 5.74) is 4.35. The summed E-state index contributed by atoms with van der Waals surface area (Å²) in [6.45, 7) is 6.03. The summed E-state index contributed by atoms with van der Waals surface area (Å²) in [4.78, 5) is 28.4. The van der Waals surface area contributed by atoms with E-state index in [4.69, 9.17) is 4.98 Å². The lowest BCUT2D eigenvalue weighted by Gasteiger charge is -2.36. The van der Waals surface area contributed by atoms with Gasteiger partial charge in [0, 0.05) is 42.5 Å². The second-order valence-corrected chi connectivity index (χ2v) is 10.3. The van der Waals surface area contributed by atoms with Crippen LogP contribution in [0.5, 0.6) is 0 Å². The molecular weight excluding hydrogens is 444 g/mol. The molecule has 2 aliphatic heterocycles. The third-order valence-corrected chi connectivity index (χ3v) is 8.28. The number of aryl methyl sites for hydroxylation is 1. The zero-order valence-corrected chi connectivity index (χ0v) is 20.1. The van der Waals surface area contributed by atoms with E-state index in [0.29, 0.717) is 11.7 Å². The zero-order chi connectivity index (χ0) is 23.1. The van der Waals surface area contributed by atoms with Gasteiger partial charge in [0.1, 0.15) is 16.4 Å². The van der Waals surface area contributed by atoms with Gasteiger partial charge >= 0.3 is 0 Å². The van der Waals surface area contributed by atoms with Gasteiger partial charge in [-0.25, -0.2) is 4.98 Å². The van der Waals surface area contributed by atoms with E-state index < -0.39 is 0 Å². The van der Waals surface area contributed by atoms with E-state index in [0.717, 1.165) is 63.5 Å². The van der Waals surface area contributed by atoms with Crippen LogP contribution in [0.25, 0.3) is 32.0 Å². The Morgan fingerprint density at radius 2 is 1.91 bits per heavy atom. The lowest BCUT2D eigenvalue weighted by atomic mass is 10.0. The Bertz CT molecular complexity index is 1320. The van der Waals surface area contributed by atoms with Crippen molar-refractivity contribution in [2.45, 2.75) is 38.6 Å². The first-order valence-electron chi connectivity index (χ1n) is 12.1. The van der Waals surface area contributed by atoms with Crippen LogP contribution in [0.1, 0.15) is 41.7 Å². The fraction of sp³-hybridized carbons (Fsp3) is 0.385. The van der Waals surface area contributed by atoms with Gasteiger partial charge in [0.15, 0.2) is 0 Å². The maximum atomic E-state index is 13.7. The number of carbonyl (C=O) groups excluding carboxylic acids is 1. The number of aromatic nitrogens is 4. The predicted molar refractivity (Wildman–Crippen MR) is 135 cm³/mol. The van der Waals surface area contributed by atoms with Gasteiger partial charge < -0.3 is 9.80 Å². The zero-order valence-electron chi connectivity index (χ0n) is 19.3. The number of fused-ring (bicyclic) bond motifs is 1. The molecule has 0 spiro atoms. The van der Waals surface area contributed by atoms with Gasteiger partial charge in [-0.15, -0.1) is 11.3 Å². The lowest BCUT2D eigenvalue weighted by molar-refractivity contribution is 0.0640. The van der Waals surface area contributed by atoms with Crippen LogP contribution < -0.4 is 0 Å². The summed E-state index contributed by atoms with van der Waals surface area (Å²) in [5, 5.41) is 9.49. The van der Waals surface area contributed by atoms with E-state index in [2.05, 4.69) is 39.1 Å². The second-order valence-electron chi connectivity index (χ2n) is 9.27. The number of thiazole rings is 1. The highest BCUT2D eigenvalue weighted by Crippen LogP contribution is 2.38. The van der Waals surface area contributed by atoms with Crippen molar-refractivity contribution in [2.75, 3.05) is 26.2 Å². The standard InChI is InChI=1S/C26H28N6OS/c1-17-6-4-8-20-21(17)29-30-22(20)25-28-23(24(34-25)18-7-5-11-27-16-18)26(33)32-14-9-19(10-15-32)31-12-2-3-13-31/h4-8,11,16,19H,2-3,9-10,12-15H2,1H3,(H,29,30). The van der Waals surface area contributed by atoms with Gasteiger partial charge in [-0.3, -0.25) is 14.9 Å². The van der Waals surface area contributed by atoms with E-state index in [-0.39, 0.29) is 5.91 Å². The highest BCUT2D eigenvalue weighted by molar-refractivity contribution is 7.18. The number of para-hydroxylation sites is 1. The molecule has 6 rings (SSSR count). The summed E-state index contributed by atoms with van der Waals surface area (Å²) < 4.78 is 0. The van der Waals surface area contributed by atoms with Crippen LogP contribution in [0.3, 0.4) is 0 Å².